The third-order valence-corrected chi connectivity index (χ3v) is 5.94. The largest absolute Gasteiger partial charge is 0.394 e. The summed E-state index contributed by atoms with van der Waals surface area (Å²) >= 11 is 0. The minimum Gasteiger partial charge on any atom is -0.394 e. The molecule has 0 aliphatic heterocycles. The summed E-state index contributed by atoms with van der Waals surface area (Å²) in [5, 5.41) is 26.7. The molecule has 0 aliphatic carbocycles. The summed E-state index contributed by atoms with van der Waals surface area (Å²) in [6.07, 6.45) is 2.12. The zero-order valence-electron chi connectivity index (χ0n) is 20.9. The first-order chi connectivity index (χ1) is 17.3. The van der Waals surface area contributed by atoms with Crippen molar-refractivity contribution in [2.24, 2.45) is 0 Å². The molecule has 3 heterocycles. The molecule has 0 saturated heterocycles. The van der Waals surface area contributed by atoms with E-state index in [1.54, 1.807) is 0 Å². The number of aromatic amines is 1. The Kier molecular flexibility index (Phi) is 7.99. The molecule has 12 heteroatoms. The highest BCUT2D eigenvalue weighted by molar-refractivity contribution is 5.81. The molecule has 7 N–H and O–H groups in total. The number of hydrogen-bond acceptors (Lipinski definition) is 10. The summed E-state index contributed by atoms with van der Waals surface area (Å²) in [7, 11) is 0. The van der Waals surface area contributed by atoms with E-state index in [-0.39, 0.29) is 24.4 Å². The fourth-order valence-electron chi connectivity index (χ4n) is 3.81. The number of hydrogen-bond donors (Lipinski definition) is 6. The second-order valence-electron chi connectivity index (χ2n) is 9.75. The molecule has 1 aromatic carbocycles. The van der Waals surface area contributed by atoms with Crippen LogP contribution in [0.4, 0.5) is 11.8 Å². The highest BCUT2D eigenvalue weighted by atomic mass is 16.5. The number of imidazole rings is 2. The molecule has 0 radical (unpaired) electrons. The molecule has 36 heavy (non-hydrogen) atoms. The fraction of sp³-hybridized carbons (Fsp3) is 0.500. The second-order valence-corrected chi connectivity index (χ2v) is 9.75. The van der Waals surface area contributed by atoms with Gasteiger partial charge in [0.2, 0.25) is 5.95 Å². The number of H-pyrrole nitrogens is 1. The van der Waals surface area contributed by atoms with Crippen LogP contribution in [-0.2, 0) is 10.2 Å². The van der Waals surface area contributed by atoms with Crippen molar-refractivity contribution in [3.05, 3.63) is 36.4 Å². The smallest absolute Gasteiger partial charge is 0.201 e. The van der Waals surface area contributed by atoms with E-state index in [0.717, 1.165) is 36.5 Å². The summed E-state index contributed by atoms with van der Waals surface area (Å²) in [5.74, 6) is 0.995. The van der Waals surface area contributed by atoms with Gasteiger partial charge in [-0.25, -0.2) is 19.9 Å². The molecule has 0 aliphatic rings. The Hall–Kier alpha value is -3.32. The number of anilines is 2. The molecule has 3 aromatic heterocycles. The maximum Gasteiger partial charge on any atom is 0.201 e. The standard InChI is InChI=1S/C24H35N9O3/c1-24(2,3)15-5-6-17-18(9-15)32-23(31-17)27-8-4-7-26-10-16(11-34)36-12-19(35)33-14-30-20-21(25)28-13-29-22(20)33/h5-6,9,13-14,16,19,26,34-35H,4,7-8,10-12H2,1-3H3,(H2,25,28,29)(H2,27,31,32). The van der Waals surface area contributed by atoms with E-state index in [9.17, 15) is 10.2 Å². The molecule has 0 bridgehead atoms. The van der Waals surface area contributed by atoms with Gasteiger partial charge in [-0.15, -0.1) is 0 Å². The molecule has 4 rings (SSSR count). The van der Waals surface area contributed by atoms with Crippen LogP contribution in [0.3, 0.4) is 0 Å². The minimum absolute atomic E-state index is 0.0349. The monoisotopic (exact) mass is 497 g/mol. The lowest BCUT2D eigenvalue weighted by atomic mass is 9.87. The van der Waals surface area contributed by atoms with Gasteiger partial charge < -0.3 is 36.3 Å². The van der Waals surface area contributed by atoms with Crippen LogP contribution in [0.1, 0.15) is 39.0 Å². The van der Waals surface area contributed by atoms with Crippen LogP contribution in [0.2, 0.25) is 0 Å². The molecule has 2 unspecified atom stereocenters. The number of nitrogens with one attached hydrogen (secondary N) is 3. The molecule has 12 nitrogen and oxygen atoms in total. The van der Waals surface area contributed by atoms with Gasteiger partial charge in [0.25, 0.3) is 0 Å². The van der Waals surface area contributed by atoms with Crippen molar-refractivity contribution in [3.8, 4) is 0 Å². The summed E-state index contributed by atoms with van der Waals surface area (Å²) in [6.45, 7) is 8.28. The molecule has 0 fully saturated rings. The van der Waals surface area contributed by atoms with E-state index in [1.165, 1.54) is 22.8 Å². The molecular formula is C24H35N9O3. The first kappa shape index (κ1) is 25.8. The number of aliphatic hydroxyl groups excluding tert-OH is 2. The van der Waals surface area contributed by atoms with E-state index in [2.05, 4.69) is 68.5 Å². The SMILES string of the molecule is CC(C)(C)c1ccc2nc(NCCCNCC(CO)OCC(O)n3cnc4c(N)ncnc43)[nH]c2c1. The number of nitrogens with zero attached hydrogens (tertiary/aromatic N) is 5. The van der Waals surface area contributed by atoms with Crippen LogP contribution in [0.25, 0.3) is 22.2 Å². The first-order valence-electron chi connectivity index (χ1n) is 12.0. The molecule has 0 spiro atoms. The lowest BCUT2D eigenvalue weighted by Gasteiger charge is -2.19. The van der Waals surface area contributed by atoms with Crippen molar-refractivity contribution < 1.29 is 14.9 Å². The van der Waals surface area contributed by atoms with Crippen LogP contribution in [0, 0.1) is 0 Å². The topological polar surface area (TPSA) is 172 Å². The van der Waals surface area contributed by atoms with Crippen molar-refractivity contribution in [1.82, 2.24) is 34.8 Å². The Balaban J connectivity index is 1.17. The lowest BCUT2D eigenvalue weighted by Crippen LogP contribution is -2.34. The van der Waals surface area contributed by atoms with Gasteiger partial charge in [-0.3, -0.25) is 4.57 Å². The molecule has 194 valence electrons. The maximum atomic E-state index is 10.5. The van der Waals surface area contributed by atoms with Gasteiger partial charge in [0.1, 0.15) is 11.8 Å². The van der Waals surface area contributed by atoms with E-state index in [1.807, 2.05) is 6.07 Å². The average Bonchev–Trinajstić information content (AvgIpc) is 3.46. The van der Waals surface area contributed by atoms with Crippen LogP contribution in [0.5, 0.6) is 0 Å². The number of fused-ring (bicyclic) bond motifs is 2. The summed E-state index contributed by atoms with van der Waals surface area (Å²) in [5.41, 5.74) is 9.93. The Labute approximate surface area is 209 Å². The van der Waals surface area contributed by atoms with Crippen LogP contribution < -0.4 is 16.4 Å². The Morgan fingerprint density at radius 1 is 1.19 bits per heavy atom. The summed E-state index contributed by atoms with van der Waals surface area (Å²) in [4.78, 5) is 20.1. The molecule has 0 amide bonds. The van der Waals surface area contributed by atoms with Gasteiger partial charge in [-0.2, -0.15) is 0 Å². The van der Waals surface area contributed by atoms with E-state index >= 15 is 0 Å². The van der Waals surface area contributed by atoms with E-state index in [4.69, 9.17) is 10.5 Å². The van der Waals surface area contributed by atoms with Crippen molar-refractivity contribution >= 4 is 34.0 Å². The minimum atomic E-state index is -1.02. The number of benzene rings is 1. The van der Waals surface area contributed by atoms with Crippen LogP contribution in [0.15, 0.2) is 30.9 Å². The van der Waals surface area contributed by atoms with Gasteiger partial charge in [0, 0.05) is 13.1 Å². The Bertz CT molecular complexity index is 1280. The van der Waals surface area contributed by atoms with E-state index in [0.29, 0.717) is 17.7 Å². The number of rotatable bonds is 12. The number of nitrogen functional groups attached to an aromatic ring is 1. The van der Waals surface area contributed by atoms with Gasteiger partial charge in [0.05, 0.1) is 36.7 Å². The second kappa shape index (κ2) is 11.2. The number of aliphatic hydroxyl groups is 2. The van der Waals surface area contributed by atoms with Crippen LogP contribution in [-0.4, -0.2) is 78.7 Å². The molecular weight excluding hydrogens is 462 g/mol. The zero-order valence-corrected chi connectivity index (χ0v) is 20.9. The summed E-state index contributed by atoms with van der Waals surface area (Å²) < 4.78 is 7.14. The van der Waals surface area contributed by atoms with Crippen LogP contribution >= 0.6 is 0 Å². The number of ether oxygens (including phenoxy) is 1. The fourth-order valence-corrected chi connectivity index (χ4v) is 3.81. The van der Waals surface area contributed by atoms with Gasteiger partial charge >= 0.3 is 0 Å². The third kappa shape index (κ3) is 6.08. The average molecular weight is 498 g/mol. The predicted octanol–water partition coefficient (Wildman–Crippen LogP) is 1.54. The van der Waals surface area contributed by atoms with Gasteiger partial charge in [-0.05, 0) is 36.1 Å². The lowest BCUT2D eigenvalue weighted by molar-refractivity contribution is -0.0533. The normalized spacial score (nSPS) is 13.9. The van der Waals surface area contributed by atoms with Gasteiger partial charge in [-0.1, -0.05) is 26.8 Å². The van der Waals surface area contributed by atoms with E-state index < -0.39 is 12.3 Å². The molecule has 0 saturated carbocycles. The Morgan fingerprint density at radius 3 is 2.81 bits per heavy atom. The Morgan fingerprint density at radius 2 is 2.03 bits per heavy atom. The first-order valence-corrected chi connectivity index (χ1v) is 12.0. The molecule has 4 aromatic rings. The van der Waals surface area contributed by atoms with Gasteiger partial charge in [0.15, 0.2) is 17.7 Å². The molecule has 2 atom stereocenters. The van der Waals surface area contributed by atoms with Crippen molar-refractivity contribution in [2.75, 3.05) is 43.9 Å². The zero-order chi connectivity index (χ0) is 25.7. The van der Waals surface area contributed by atoms with Crippen molar-refractivity contribution in [1.29, 1.82) is 0 Å². The van der Waals surface area contributed by atoms with Crippen molar-refractivity contribution in [3.63, 3.8) is 0 Å². The van der Waals surface area contributed by atoms with Crippen molar-refractivity contribution in [2.45, 2.75) is 44.9 Å². The highest BCUT2D eigenvalue weighted by Crippen LogP contribution is 2.25. The number of nitrogens with two attached hydrogens (primary N) is 1. The highest BCUT2D eigenvalue weighted by Gasteiger charge is 2.17. The number of aromatic nitrogens is 6. The predicted molar refractivity (Wildman–Crippen MR) is 139 cm³/mol. The quantitative estimate of drug-likeness (QED) is 0.158. The maximum absolute atomic E-state index is 10.5. The third-order valence-electron chi connectivity index (χ3n) is 5.94. The summed E-state index contributed by atoms with van der Waals surface area (Å²) in [6, 6.07) is 6.32.